The van der Waals surface area contributed by atoms with Crippen molar-refractivity contribution >= 4 is 53.9 Å². The summed E-state index contributed by atoms with van der Waals surface area (Å²) in [6, 6.07) is 168. The van der Waals surface area contributed by atoms with E-state index in [1.807, 2.05) is 12.1 Å². The maximum atomic E-state index is 5.36. The summed E-state index contributed by atoms with van der Waals surface area (Å²) in [5.74, 6) is 4.77. The summed E-state index contributed by atoms with van der Waals surface area (Å²) in [6.45, 7) is 14.0. The van der Waals surface area contributed by atoms with Crippen molar-refractivity contribution in [3.8, 4) is 180 Å². The van der Waals surface area contributed by atoms with Crippen LogP contribution in [-0.2, 0) is 16.2 Å². The van der Waals surface area contributed by atoms with Crippen LogP contribution in [0.15, 0.2) is 473 Å². The largest absolute Gasteiger partial charge is 0.228 e. The number of fused-ring (bicyclic) bond motifs is 14. The zero-order chi connectivity index (χ0) is 96.0. The summed E-state index contributed by atoms with van der Waals surface area (Å²) >= 11 is 0. The number of hydrogen-bond acceptors (Lipinski definition) is 8. The smallest absolute Gasteiger partial charge is 0.164 e. The maximum Gasteiger partial charge on any atom is 0.164 e. The third kappa shape index (κ3) is 15.7. The minimum absolute atomic E-state index is 0.231. The van der Waals surface area contributed by atoms with Gasteiger partial charge in [-0.15, -0.1) is 0 Å². The van der Waals surface area contributed by atoms with Crippen molar-refractivity contribution < 1.29 is 0 Å². The molecule has 0 saturated heterocycles. The standard InChI is InChI=1S/C47H34N2.C46H33N3.C42H29N3/c1-47(2)42-29-36-19-10-9-18-35(36)28-41(42)39-24-13-25-40(45(39)47)46-48-43(37-22-11-20-33(26-37)31-14-5-3-6-15-31)30-44(49-46)38-23-12-21-34(27-38)32-16-7-4-8-17-32;1-46(2)41-29-35-19-10-9-18-34(35)28-40(41)38-24-13-25-39(42(38)46)45-48-43(36-22-11-20-32(26-36)30-14-5-3-6-15-30)47-44(49-45)37-23-12-21-33(27-37)31-16-7-4-8-17-31;1-42(2)37-25-29-15-4-3-14-28(29)24-36(37)32-20-11-23-35(38(32)42)41-44-39(33-21-9-16-26-12-5-7-18-30(26)33)43-40(45-41)34-22-10-17-27-13-6-8-19-31(27)34/h3-30H,1-2H3;3-29H,1-2H3;3-25H,1-2H3. The lowest BCUT2D eigenvalue weighted by molar-refractivity contribution is 0.662. The van der Waals surface area contributed by atoms with E-state index in [4.69, 9.17) is 39.9 Å². The molecule has 21 aromatic carbocycles. The van der Waals surface area contributed by atoms with E-state index < -0.39 is 0 Å². The van der Waals surface area contributed by atoms with Crippen molar-refractivity contribution in [1.82, 2.24) is 39.9 Å². The molecule has 3 aliphatic carbocycles. The Morgan fingerprint density at radius 1 is 0.133 bits per heavy atom. The van der Waals surface area contributed by atoms with E-state index in [0.29, 0.717) is 34.9 Å². The van der Waals surface area contributed by atoms with Crippen LogP contribution in [0.3, 0.4) is 0 Å². The van der Waals surface area contributed by atoms with E-state index in [-0.39, 0.29) is 16.2 Å². The Kier molecular flexibility index (Phi) is 21.5. The summed E-state index contributed by atoms with van der Waals surface area (Å²) in [5, 5.41) is 12.1. The zero-order valence-corrected chi connectivity index (χ0v) is 80.1. The molecule has 0 spiro atoms. The topological polar surface area (TPSA) is 103 Å². The van der Waals surface area contributed by atoms with Crippen molar-refractivity contribution in [2.24, 2.45) is 0 Å². The first-order valence-corrected chi connectivity index (χ1v) is 49.2. The molecule has 3 heterocycles. The highest BCUT2D eigenvalue weighted by atomic mass is 15.0. The Labute approximate surface area is 832 Å². The molecular formula is C135H96N8. The number of rotatable bonds is 13. The summed E-state index contributed by atoms with van der Waals surface area (Å²) < 4.78 is 0. The summed E-state index contributed by atoms with van der Waals surface area (Å²) in [6.07, 6.45) is 0. The Bertz CT molecular complexity index is 8520. The minimum atomic E-state index is -0.251. The molecule has 3 aliphatic rings. The quantitative estimate of drug-likeness (QED) is 0.112. The molecule has 8 heteroatoms. The van der Waals surface area contributed by atoms with Crippen LogP contribution < -0.4 is 0 Å². The highest BCUT2D eigenvalue weighted by Crippen LogP contribution is 2.57. The first kappa shape index (κ1) is 86.6. The third-order valence-electron chi connectivity index (χ3n) is 29.4. The van der Waals surface area contributed by atoms with Crippen molar-refractivity contribution in [3.63, 3.8) is 0 Å². The highest BCUT2D eigenvalue weighted by molar-refractivity contribution is 6.02. The predicted molar refractivity (Wildman–Crippen MR) is 593 cm³/mol. The SMILES string of the molecule is CC1(C)c2cc3ccccc3cc2-c2cccc(-c3nc(-c4cccc(-c5ccccc5)c4)cc(-c4cccc(-c5ccccc5)c4)n3)c21.CC1(C)c2cc3ccccc3cc2-c2cccc(-c3nc(-c4cccc(-c5ccccc5)c4)nc(-c4cccc(-c5ccccc5)c4)n3)c21.CC1(C)c2cc3ccccc3cc2-c2cccc(-c3nc(-c4cccc5ccccc45)nc(-c4cccc5ccccc45)n3)c21. The van der Waals surface area contributed by atoms with Gasteiger partial charge in [-0.2, -0.15) is 0 Å². The van der Waals surface area contributed by atoms with Gasteiger partial charge >= 0.3 is 0 Å². The molecule has 143 heavy (non-hydrogen) atoms. The van der Waals surface area contributed by atoms with Gasteiger partial charge in [0.1, 0.15) is 0 Å². The number of aromatic nitrogens is 8. The molecule has 0 amide bonds. The van der Waals surface area contributed by atoms with Crippen LogP contribution in [0.5, 0.6) is 0 Å². The maximum absolute atomic E-state index is 5.36. The molecule has 27 rings (SSSR count). The van der Waals surface area contributed by atoms with Crippen molar-refractivity contribution in [2.45, 2.75) is 57.8 Å². The van der Waals surface area contributed by atoms with Gasteiger partial charge in [-0.05, 0) is 232 Å². The first-order chi connectivity index (χ1) is 70.1. The molecule has 0 N–H and O–H groups in total. The van der Waals surface area contributed by atoms with Crippen LogP contribution in [0.25, 0.3) is 234 Å². The summed E-state index contributed by atoms with van der Waals surface area (Å²) in [7, 11) is 0. The molecule has 0 bridgehead atoms. The van der Waals surface area contributed by atoms with E-state index >= 15 is 0 Å². The predicted octanol–water partition coefficient (Wildman–Crippen LogP) is 34.6. The Balaban J connectivity index is 0.000000113. The second kappa shape index (κ2) is 35.5. The van der Waals surface area contributed by atoms with Gasteiger partial charge in [-0.3, -0.25) is 0 Å². The van der Waals surface area contributed by atoms with E-state index in [9.17, 15) is 0 Å². The zero-order valence-electron chi connectivity index (χ0n) is 80.1. The molecule has 3 aromatic heterocycles. The second-order valence-corrected chi connectivity index (χ2v) is 39.2. The lowest BCUT2D eigenvalue weighted by atomic mass is 9.79. The third-order valence-corrected chi connectivity index (χ3v) is 29.4. The van der Waals surface area contributed by atoms with Crippen LogP contribution in [0.2, 0.25) is 0 Å². The van der Waals surface area contributed by atoms with E-state index in [2.05, 4.69) is 503 Å². The van der Waals surface area contributed by atoms with E-state index in [0.717, 1.165) is 122 Å². The Hall–Kier alpha value is -18.0. The average molecular weight is 1830 g/mol. The van der Waals surface area contributed by atoms with Gasteiger partial charge in [0.2, 0.25) is 0 Å². The van der Waals surface area contributed by atoms with Gasteiger partial charge in [-0.25, -0.2) is 39.9 Å². The molecule has 676 valence electrons. The van der Waals surface area contributed by atoms with Gasteiger partial charge in [0.25, 0.3) is 0 Å². The monoisotopic (exact) mass is 1830 g/mol. The van der Waals surface area contributed by atoms with Crippen LogP contribution >= 0.6 is 0 Å². The number of nitrogens with zero attached hydrogens (tertiary/aromatic N) is 8. The molecule has 8 nitrogen and oxygen atoms in total. The minimum Gasteiger partial charge on any atom is -0.228 e. The van der Waals surface area contributed by atoms with Crippen molar-refractivity contribution in [3.05, 3.63) is 507 Å². The fourth-order valence-electron chi connectivity index (χ4n) is 22.4. The number of hydrogen-bond donors (Lipinski definition) is 0. The first-order valence-electron chi connectivity index (χ1n) is 49.2. The van der Waals surface area contributed by atoms with Crippen LogP contribution in [0, 0.1) is 0 Å². The van der Waals surface area contributed by atoms with Crippen LogP contribution in [-0.4, -0.2) is 39.9 Å². The molecule has 0 aliphatic heterocycles. The van der Waals surface area contributed by atoms with Crippen LogP contribution in [0.1, 0.15) is 74.9 Å². The molecule has 0 unspecified atom stereocenters. The summed E-state index contributed by atoms with van der Waals surface area (Å²) in [5.41, 5.74) is 34.9. The lowest BCUT2D eigenvalue weighted by Crippen LogP contribution is -2.17. The van der Waals surface area contributed by atoms with E-state index in [1.165, 1.54) is 110 Å². The lowest BCUT2D eigenvalue weighted by Gasteiger charge is -2.24. The van der Waals surface area contributed by atoms with E-state index in [1.54, 1.807) is 0 Å². The molecular weight excluding hydrogens is 1730 g/mol. The molecule has 0 radical (unpaired) electrons. The van der Waals surface area contributed by atoms with Gasteiger partial charge < -0.3 is 0 Å². The second-order valence-electron chi connectivity index (χ2n) is 39.2. The highest BCUT2D eigenvalue weighted by Gasteiger charge is 2.42. The Morgan fingerprint density at radius 3 is 0.671 bits per heavy atom. The van der Waals surface area contributed by atoms with Crippen molar-refractivity contribution in [1.29, 1.82) is 0 Å². The molecule has 0 saturated carbocycles. The average Bonchev–Trinajstić information content (AvgIpc) is 1.57. The van der Waals surface area contributed by atoms with Crippen molar-refractivity contribution in [2.75, 3.05) is 0 Å². The fourth-order valence-corrected chi connectivity index (χ4v) is 22.4. The van der Waals surface area contributed by atoms with Gasteiger partial charge in [0.15, 0.2) is 40.8 Å². The normalized spacial score (nSPS) is 13.0. The molecule has 0 atom stereocenters. The summed E-state index contributed by atoms with van der Waals surface area (Å²) in [4.78, 5) is 42.1. The van der Waals surface area contributed by atoms with Crippen LogP contribution in [0.4, 0.5) is 0 Å². The van der Waals surface area contributed by atoms with Gasteiger partial charge in [0.05, 0.1) is 11.4 Å². The fraction of sp³-hybridized carbons (Fsp3) is 0.0667. The van der Waals surface area contributed by atoms with Gasteiger partial charge in [0, 0.05) is 66.3 Å². The molecule has 0 fully saturated rings. The number of benzene rings is 21. The Morgan fingerprint density at radius 2 is 0.343 bits per heavy atom. The van der Waals surface area contributed by atoms with Gasteiger partial charge in [-0.1, -0.05) is 448 Å². The molecule has 24 aromatic rings.